The fourth-order valence-electron chi connectivity index (χ4n) is 2.86. The zero-order chi connectivity index (χ0) is 18.7. The van der Waals surface area contributed by atoms with Crippen LogP contribution in [0.25, 0.3) is 11.0 Å². The molecule has 1 aromatic heterocycles. The molecule has 0 aliphatic rings. The average Bonchev–Trinajstić information content (AvgIpc) is 3.08. The third kappa shape index (κ3) is 3.54. The number of carbonyl (C=O) groups is 1. The van der Waals surface area contributed by atoms with Crippen LogP contribution in [0, 0.1) is 11.7 Å². The number of aromatic nitrogens is 2. The van der Waals surface area contributed by atoms with Gasteiger partial charge in [0.2, 0.25) is 0 Å². The van der Waals surface area contributed by atoms with Crippen LogP contribution in [0.5, 0.6) is 5.75 Å². The summed E-state index contributed by atoms with van der Waals surface area (Å²) in [4.78, 5) is 20.5. The molecule has 0 saturated heterocycles. The van der Waals surface area contributed by atoms with Crippen LogP contribution in [-0.4, -0.2) is 23.0 Å². The number of ether oxygens (including phenoxy) is 1. The van der Waals surface area contributed by atoms with Gasteiger partial charge >= 0.3 is 0 Å². The molecule has 0 radical (unpaired) electrons. The standard InChI is InChI=1S/C20H22FN3O2/c1-4-12(2)18(19-22-16-7-5-6-8-17(16)23-19)24-20(25)14-10-9-13(26-3)11-15(14)21/h5-12,18H,4H2,1-3H3,(H,22,23)(H,24,25). The van der Waals surface area contributed by atoms with E-state index < -0.39 is 11.7 Å². The Morgan fingerprint density at radius 2 is 2.08 bits per heavy atom. The second-order valence-electron chi connectivity index (χ2n) is 6.32. The van der Waals surface area contributed by atoms with Crippen LogP contribution in [0.15, 0.2) is 42.5 Å². The minimum absolute atomic E-state index is 0.0183. The molecule has 2 unspecified atom stereocenters. The van der Waals surface area contributed by atoms with Crippen molar-refractivity contribution in [3.8, 4) is 5.75 Å². The number of methoxy groups -OCH3 is 1. The van der Waals surface area contributed by atoms with Crippen molar-refractivity contribution in [3.05, 3.63) is 59.7 Å². The summed E-state index contributed by atoms with van der Waals surface area (Å²) >= 11 is 0. The zero-order valence-corrected chi connectivity index (χ0v) is 15.0. The van der Waals surface area contributed by atoms with Crippen molar-refractivity contribution in [1.29, 1.82) is 0 Å². The van der Waals surface area contributed by atoms with Gasteiger partial charge in [-0.15, -0.1) is 0 Å². The highest BCUT2D eigenvalue weighted by Crippen LogP contribution is 2.25. The minimum Gasteiger partial charge on any atom is -0.497 e. The Morgan fingerprint density at radius 3 is 2.73 bits per heavy atom. The second-order valence-corrected chi connectivity index (χ2v) is 6.32. The van der Waals surface area contributed by atoms with Gasteiger partial charge in [-0.2, -0.15) is 0 Å². The third-order valence-electron chi connectivity index (χ3n) is 4.62. The largest absolute Gasteiger partial charge is 0.497 e. The van der Waals surface area contributed by atoms with E-state index in [9.17, 15) is 9.18 Å². The molecule has 3 aromatic rings. The van der Waals surface area contributed by atoms with Gasteiger partial charge in [0.15, 0.2) is 0 Å². The predicted octanol–water partition coefficient (Wildman–Crippen LogP) is 4.23. The molecule has 1 amide bonds. The molecule has 2 atom stereocenters. The first-order valence-corrected chi connectivity index (χ1v) is 8.62. The van der Waals surface area contributed by atoms with E-state index in [0.29, 0.717) is 11.6 Å². The number of para-hydroxylation sites is 2. The molecule has 0 fully saturated rings. The summed E-state index contributed by atoms with van der Waals surface area (Å²) < 4.78 is 19.2. The first-order valence-electron chi connectivity index (χ1n) is 8.62. The summed E-state index contributed by atoms with van der Waals surface area (Å²) in [6, 6.07) is 11.5. The molecule has 2 N–H and O–H groups in total. The SMILES string of the molecule is CCC(C)C(NC(=O)c1ccc(OC)cc1F)c1nc2ccccc2[nH]1. The molecule has 1 heterocycles. The van der Waals surface area contributed by atoms with E-state index in [1.165, 1.54) is 19.2 Å². The second kappa shape index (κ2) is 7.56. The van der Waals surface area contributed by atoms with Crippen LogP contribution >= 0.6 is 0 Å². The smallest absolute Gasteiger partial charge is 0.254 e. The Labute approximate surface area is 151 Å². The number of fused-ring (bicyclic) bond motifs is 1. The molecule has 136 valence electrons. The number of halogens is 1. The van der Waals surface area contributed by atoms with E-state index >= 15 is 0 Å². The maximum Gasteiger partial charge on any atom is 0.254 e. The fraction of sp³-hybridized carbons (Fsp3) is 0.300. The Hall–Kier alpha value is -2.89. The van der Waals surface area contributed by atoms with E-state index in [0.717, 1.165) is 17.5 Å². The van der Waals surface area contributed by atoms with Gasteiger partial charge in [0.25, 0.3) is 5.91 Å². The summed E-state index contributed by atoms with van der Waals surface area (Å²) in [7, 11) is 1.45. The molecule has 0 bridgehead atoms. The zero-order valence-electron chi connectivity index (χ0n) is 15.0. The summed E-state index contributed by atoms with van der Waals surface area (Å²) in [6.45, 7) is 4.07. The number of amides is 1. The normalized spacial score (nSPS) is 13.4. The third-order valence-corrected chi connectivity index (χ3v) is 4.62. The Kier molecular flexibility index (Phi) is 5.21. The van der Waals surface area contributed by atoms with Crippen molar-refractivity contribution in [2.24, 2.45) is 5.92 Å². The van der Waals surface area contributed by atoms with Gasteiger partial charge in [-0.1, -0.05) is 32.4 Å². The van der Waals surface area contributed by atoms with Crippen molar-refractivity contribution < 1.29 is 13.9 Å². The monoisotopic (exact) mass is 355 g/mol. The van der Waals surface area contributed by atoms with Crippen LogP contribution < -0.4 is 10.1 Å². The molecular weight excluding hydrogens is 333 g/mol. The molecule has 0 aliphatic heterocycles. The Bertz CT molecular complexity index is 889. The Balaban J connectivity index is 1.90. The molecular formula is C20H22FN3O2. The quantitative estimate of drug-likeness (QED) is 0.695. The lowest BCUT2D eigenvalue weighted by molar-refractivity contribution is 0.0916. The number of hydrogen-bond acceptors (Lipinski definition) is 3. The lowest BCUT2D eigenvalue weighted by Gasteiger charge is -2.22. The van der Waals surface area contributed by atoms with E-state index in [1.807, 2.05) is 38.1 Å². The summed E-state index contributed by atoms with van der Waals surface area (Å²) in [5.41, 5.74) is 1.72. The molecule has 0 aliphatic carbocycles. The number of benzene rings is 2. The van der Waals surface area contributed by atoms with Gasteiger partial charge in [-0.3, -0.25) is 4.79 Å². The number of hydrogen-bond donors (Lipinski definition) is 2. The lowest BCUT2D eigenvalue weighted by Crippen LogP contribution is -2.33. The van der Waals surface area contributed by atoms with Gasteiger partial charge in [-0.25, -0.2) is 9.37 Å². The van der Waals surface area contributed by atoms with Gasteiger partial charge in [0, 0.05) is 6.07 Å². The van der Waals surface area contributed by atoms with Crippen molar-refractivity contribution in [1.82, 2.24) is 15.3 Å². The number of imidazole rings is 1. The van der Waals surface area contributed by atoms with E-state index in [2.05, 4.69) is 15.3 Å². The number of aromatic amines is 1. The van der Waals surface area contributed by atoms with E-state index in [-0.39, 0.29) is 17.5 Å². The summed E-state index contributed by atoms with van der Waals surface area (Å²) in [5, 5.41) is 2.93. The van der Waals surface area contributed by atoms with Crippen LogP contribution in [0.1, 0.15) is 42.5 Å². The molecule has 0 saturated carbocycles. The number of H-pyrrole nitrogens is 1. The molecule has 26 heavy (non-hydrogen) atoms. The highest BCUT2D eigenvalue weighted by molar-refractivity contribution is 5.95. The van der Waals surface area contributed by atoms with E-state index in [1.54, 1.807) is 6.07 Å². The van der Waals surface area contributed by atoms with Crippen molar-refractivity contribution in [2.45, 2.75) is 26.3 Å². The summed E-state index contributed by atoms with van der Waals surface area (Å²) in [5.74, 6) is 0.0729. The number of carbonyl (C=O) groups excluding carboxylic acids is 1. The van der Waals surface area contributed by atoms with Crippen LogP contribution in [0.2, 0.25) is 0 Å². The maximum atomic E-state index is 14.2. The molecule has 6 heteroatoms. The van der Waals surface area contributed by atoms with Gasteiger partial charge < -0.3 is 15.0 Å². The van der Waals surface area contributed by atoms with Gasteiger partial charge in [0.1, 0.15) is 17.4 Å². The fourth-order valence-corrected chi connectivity index (χ4v) is 2.86. The minimum atomic E-state index is -0.616. The predicted molar refractivity (Wildman–Crippen MR) is 98.7 cm³/mol. The van der Waals surface area contributed by atoms with Gasteiger partial charge in [-0.05, 0) is 30.2 Å². The summed E-state index contributed by atoms with van der Waals surface area (Å²) in [6.07, 6.45) is 0.840. The first kappa shape index (κ1) is 17.9. The number of rotatable bonds is 6. The highest BCUT2D eigenvalue weighted by Gasteiger charge is 2.25. The highest BCUT2D eigenvalue weighted by atomic mass is 19.1. The molecule has 5 nitrogen and oxygen atoms in total. The lowest BCUT2D eigenvalue weighted by atomic mass is 9.98. The molecule has 0 spiro atoms. The van der Waals surface area contributed by atoms with Crippen LogP contribution in [0.3, 0.4) is 0 Å². The van der Waals surface area contributed by atoms with Crippen molar-refractivity contribution in [3.63, 3.8) is 0 Å². The maximum absolute atomic E-state index is 14.2. The average molecular weight is 355 g/mol. The van der Waals surface area contributed by atoms with Crippen LogP contribution in [-0.2, 0) is 0 Å². The topological polar surface area (TPSA) is 67.0 Å². The number of nitrogens with one attached hydrogen (secondary N) is 2. The molecule has 3 rings (SSSR count). The van der Waals surface area contributed by atoms with E-state index in [4.69, 9.17) is 4.74 Å². The number of nitrogens with zero attached hydrogens (tertiary/aromatic N) is 1. The van der Waals surface area contributed by atoms with Crippen molar-refractivity contribution in [2.75, 3.05) is 7.11 Å². The van der Waals surface area contributed by atoms with Crippen LogP contribution in [0.4, 0.5) is 4.39 Å². The van der Waals surface area contributed by atoms with Crippen molar-refractivity contribution >= 4 is 16.9 Å². The molecule has 2 aromatic carbocycles. The Morgan fingerprint density at radius 1 is 1.31 bits per heavy atom. The van der Waals surface area contributed by atoms with Gasteiger partial charge in [0.05, 0.1) is 29.7 Å². The first-order chi connectivity index (χ1) is 12.5.